The van der Waals surface area contributed by atoms with Gasteiger partial charge in [-0.2, -0.15) is 0 Å². The molecule has 2 heterocycles. The molecule has 0 aliphatic rings. The van der Waals surface area contributed by atoms with Gasteiger partial charge in [0.2, 0.25) is 5.89 Å². The van der Waals surface area contributed by atoms with E-state index in [-0.39, 0.29) is 17.4 Å². The molecule has 4 nitrogen and oxygen atoms in total. The second-order valence-electron chi connectivity index (χ2n) is 4.23. The number of oxazole rings is 1. The van der Waals surface area contributed by atoms with E-state index in [1.807, 2.05) is 0 Å². The van der Waals surface area contributed by atoms with Crippen LogP contribution in [-0.2, 0) is 0 Å². The number of carbonyl (C=O) groups excluding carboxylic acids is 1. The summed E-state index contributed by atoms with van der Waals surface area (Å²) in [4.78, 5) is 19.4. The number of rotatable bonds is 4. The molecule has 1 aromatic carbocycles. The fraction of sp³-hybridized carbons (Fsp3) is 0. The molecular weight excluding hydrogens is 327 g/mol. The van der Waals surface area contributed by atoms with Crippen LogP contribution in [0.2, 0.25) is 5.02 Å². The van der Waals surface area contributed by atoms with E-state index in [0.29, 0.717) is 27.0 Å². The van der Waals surface area contributed by atoms with Crippen LogP contribution in [0.25, 0.3) is 11.5 Å². The van der Waals surface area contributed by atoms with Crippen molar-refractivity contribution in [2.24, 2.45) is 0 Å². The predicted molar refractivity (Wildman–Crippen MR) is 80.7 cm³/mol. The van der Waals surface area contributed by atoms with Gasteiger partial charge < -0.3 is 4.42 Å². The van der Waals surface area contributed by atoms with Crippen molar-refractivity contribution in [3.8, 4) is 11.5 Å². The highest BCUT2D eigenvalue weighted by molar-refractivity contribution is 7.99. The molecule has 3 rings (SSSR count). The van der Waals surface area contributed by atoms with Crippen molar-refractivity contribution in [3.63, 3.8) is 0 Å². The van der Waals surface area contributed by atoms with Gasteiger partial charge >= 0.3 is 0 Å². The van der Waals surface area contributed by atoms with Crippen molar-refractivity contribution in [1.29, 1.82) is 0 Å². The molecule has 2 aromatic heterocycles. The van der Waals surface area contributed by atoms with Crippen LogP contribution in [0, 0.1) is 5.82 Å². The summed E-state index contributed by atoms with van der Waals surface area (Å²) in [7, 11) is 0. The molecule has 22 heavy (non-hydrogen) atoms. The van der Waals surface area contributed by atoms with E-state index in [1.54, 1.807) is 12.1 Å². The Kier molecular flexibility index (Phi) is 4.22. The number of pyridine rings is 1. The van der Waals surface area contributed by atoms with Gasteiger partial charge in [-0.3, -0.25) is 4.79 Å². The molecule has 0 N–H and O–H groups in total. The zero-order valence-corrected chi connectivity index (χ0v) is 12.6. The summed E-state index contributed by atoms with van der Waals surface area (Å²) in [6.07, 6.45) is 2.11. The number of carbonyl (C=O) groups is 1. The Morgan fingerprint density at radius 1 is 1.18 bits per heavy atom. The molecule has 0 atom stereocenters. The minimum absolute atomic E-state index is 0.168. The summed E-state index contributed by atoms with van der Waals surface area (Å²) in [6, 6.07) is 9.06. The third kappa shape index (κ3) is 3.18. The molecule has 0 saturated carbocycles. The predicted octanol–water partition coefficient (Wildman–Crippen LogP) is 4.49. The van der Waals surface area contributed by atoms with Crippen LogP contribution in [0.3, 0.4) is 0 Å². The summed E-state index contributed by atoms with van der Waals surface area (Å²) < 4.78 is 18.5. The lowest BCUT2D eigenvalue weighted by molar-refractivity contribution is 0.111. The summed E-state index contributed by atoms with van der Waals surface area (Å²) in [5.74, 6) is -0.107. The lowest BCUT2D eigenvalue weighted by Gasteiger charge is -1.97. The lowest BCUT2D eigenvalue weighted by atomic mass is 10.2. The topological polar surface area (TPSA) is 56.0 Å². The molecule has 0 saturated heterocycles. The highest BCUT2D eigenvalue weighted by atomic mass is 35.5. The first-order valence-corrected chi connectivity index (χ1v) is 7.36. The van der Waals surface area contributed by atoms with Gasteiger partial charge in [0.05, 0.1) is 5.02 Å². The van der Waals surface area contributed by atoms with Crippen LogP contribution in [0.1, 0.15) is 10.5 Å². The molecule has 110 valence electrons. The number of aromatic nitrogens is 2. The molecule has 0 aliphatic carbocycles. The molecule has 7 heteroatoms. The number of nitrogens with zero attached hydrogens (tertiary/aromatic N) is 2. The minimum atomic E-state index is -0.356. The summed E-state index contributed by atoms with van der Waals surface area (Å²) >= 11 is 6.94. The van der Waals surface area contributed by atoms with Crippen LogP contribution in [-0.4, -0.2) is 16.3 Å². The third-order valence-corrected chi connectivity index (χ3v) is 3.87. The van der Waals surface area contributed by atoms with Gasteiger partial charge in [-0.05, 0) is 48.2 Å². The monoisotopic (exact) mass is 334 g/mol. The van der Waals surface area contributed by atoms with Crippen LogP contribution < -0.4 is 0 Å². The molecule has 0 unspecified atom stereocenters. The van der Waals surface area contributed by atoms with Crippen molar-refractivity contribution in [1.82, 2.24) is 9.97 Å². The molecule has 0 fully saturated rings. The second-order valence-corrected chi connectivity index (χ2v) is 5.66. The Balaban J connectivity index is 1.92. The molecule has 0 radical (unpaired) electrons. The number of halogens is 2. The third-order valence-electron chi connectivity index (χ3n) is 2.72. The Labute approximate surface area is 134 Å². The normalized spacial score (nSPS) is 10.6. The number of hydrogen-bond donors (Lipinski definition) is 0. The first-order chi connectivity index (χ1) is 10.7. The van der Waals surface area contributed by atoms with Crippen molar-refractivity contribution in [2.75, 3.05) is 0 Å². The van der Waals surface area contributed by atoms with Crippen molar-refractivity contribution >= 4 is 29.6 Å². The summed E-state index contributed by atoms with van der Waals surface area (Å²) in [5, 5.41) is 1.46. The highest BCUT2D eigenvalue weighted by Gasteiger charge is 2.16. The zero-order valence-electron chi connectivity index (χ0n) is 11.0. The Morgan fingerprint density at radius 2 is 1.95 bits per heavy atom. The first-order valence-electron chi connectivity index (χ1n) is 6.17. The Morgan fingerprint density at radius 3 is 2.59 bits per heavy atom. The molecule has 0 amide bonds. The van der Waals surface area contributed by atoms with E-state index in [9.17, 15) is 9.18 Å². The van der Waals surface area contributed by atoms with Gasteiger partial charge in [0, 0.05) is 11.8 Å². The fourth-order valence-corrected chi connectivity index (χ4v) is 2.56. The van der Waals surface area contributed by atoms with Crippen molar-refractivity contribution in [2.45, 2.75) is 10.1 Å². The highest BCUT2D eigenvalue weighted by Crippen LogP contribution is 2.32. The number of aldehydes is 1. The molecular formula is C15H8ClFN2O2S. The van der Waals surface area contributed by atoms with E-state index in [4.69, 9.17) is 16.0 Å². The maximum Gasteiger partial charge on any atom is 0.228 e. The molecule has 0 bridgehead atoms. The van der Waals surface area contributed by atoms with E-state index in [1.165, 1.54) is 30.5 Å². The van der Waals surface area contributed by atoms with Crippen molar-refractivity contribution < 1.29 is 13.6 Å². The zero-order chi connectivity index (χ0) is 15.5. The van der Waals surface area contributed by atoms with E-state index >= 15 is 0 Å². The van der Waals surface area contributed by atoms with Gasteiger partial charge in [-0.1, -0.05) is 11.6 Å². The SMILES string of the molecule is O=Cc1nc(-c2ccc(F)cc2)oc1Sc1ccc(Cl)cn1. The maximum atomic E-state index is 12.9. The van der Waals surface area contributed by atoms with Gasteiger partial charge in [0.1, 0.15) is 10.8 Å². The fourth-order valence-electron chi connectivity index (χ4n) is 1.70. The van der Waals surface area contributed by atoms with Gasteiger partial charge in [0.15, 0.2) is 17.1 Å². The van der Waals surface area contributed by atoms with E-state index in [0.717, 1.165) is 11.8 Å². The minimum Gasteiger partial charge on any atom is -0.429 e. The maximum absolute atomic E-state index is 12.9. The van der Waals surface area contributed by atoms with Crippen LogP contribution in [0.4, 0.5) is 4.39 Å². The van der Waals surface area contributed by atoms with E-state index < -0.39 is 0 Å². The van der Waals surface area contributed by atoms with Gasteiger partial charge in [0.25, 0.3) is 0 Å². The quantitative estimate of drug-likeness (QED) is 0.658. The number of hydrogen-bond acceptors (Lipinski definition) is 5. The molecule has 3 aromatic rings. The Hall–Kier alpha value is -2.18. The smallest absolute Gasteiger partial charge is 0.228 e. The summed E-state index contributed by atoms with van der Waals surface area (Å²) in [6.45, 7) is 0. The number of benzene rings is 1. The lowest BCUT2D eigenvalue weighted by Crippen LogP contribution is -1.84. The van der Waals surface area contributed by atoms with E-state index in [2.05, 4.69) is 9.97 Å². The first kappa shape index (κ1) is 14.7. The van der Waals surface area contributed by atoms with Gasteiger partial charge in [-0.25, -0.2) is 14.4 Å². The van der Waals surface area contributed by atoms with Crippen LogP contribution >= 0.6 is 23.4 Å². The van der Waals surface area contributed by atoms with Crippen LogP contribution in [0.5, 0.6) is 0 Å². The van der Waals surface area contributed by atoms with Gasteiger partial charge in [-0.15, -0.1) is 0 Å². The average molecular weight is 335 g/mol. The average Bonchev–Trinajstić information content (AvgIpc) is 2.93. The van der Waals surface area contributed by atoms with Crippen LogP contribution in [0.15, 0.2) is 57.1 Å². The van der Waals surface area contributed by atoms with Crippen molar-refractivity contribution in [3.05, 3.63) is 59.1 Å². The molecule has 0 aliphatic heterocycles. The largest absolute Gasteiger partial charge is 0.429 e. The second kappa shape index (κ2) is 6.29. The summed E-state index contributed by atoms with van der Waals surface area (Å²) in [5.41, 5.74) is 0.751. The Bertz CT molecular complexity index is 803. The standard InChI is InChI=1S/C15H8ClFN2O2S/c16-10-3-6-13(18-7-10)22-15-12(8-20)19-14(21-15)9-1-4-11(17)5-2-9/h1-8H. The molecule has 0 spiro atoms.